The number of hydrogen-bond donors (Lipinski definition) is 0. The average Bonchev–Trinajstić information content (AvgIpc) is 2.43. The highest BCUT2D eigenvalue weighted by Gasteiger charge is 2.29. The molecule has 0 aromatic rings. The zero-order valence-electron chi connectivity index (χ0n) is 8.66. The van der Waals surface area contributed by atoms with Crippen molar-refractivity contribution in [3.8, 4) is 0 Å². The molecule has 1 aliphatic rings. The third-order valence-corrected chi connectivity index (χ3v) is 4.92. The van der Waals surface area contributed by atoms with Gasteiger partial charge in [-0.1, -0.05) is 18.0 Å². The van der Waals surface area contributed by atoms with Crippen molar-refractivity contribution >= 4 is 38.5 Å². The van der Waals surface area contributed by atoms with Crippen LogP contribution in [0.25, 0.3) is 0 Å². The number of halogens is 2. The van der Waals surface area contributed by atoms with E-state index in [2.05, 4.69) is 0 Å². The van der Waals surface area contributed by atoms with Crippen LogP contribution in [-0.2, 0) is 14.8 Å². The molecule has 0 radical (unpaired) electrons. The van der Waals surface area contributed by atoms with Crippen LogP contribution in [0.2, 0.25) is 0 Å². The lowest BCUT2D eigenvalue weighted by Gasteiger charge is -2.14. The maximum atomic E-state index is 11.5. The number of unbranched alkanes of at least 4 members (excludes halogenated alkanes) is 2. The monoisotopic (exact) mass is 285 g/mol. The summed E-state index contributed by atoms with van der Waals surface area (Å²) in [7, 11) is -3.40. The molecular formula is C9H13Cl2NO3S. The highest BCUT2D eigenvalue weighted by atomic mass is 35.5. The maximum Gasteiger partial charge on any atom is 0.253 e. The molecule has 0 unspecified atom stereocenters. The highest BCUT2D eigenvalue weighted by molar-refractivity contribution is 7.94. The Bertz CT molecular complexity index is 392. The summed E-state index contributed by atoms with van der Waals surface area (Å²) in [6, 6.07) is 0. The first kappa shape index (κ1) is 14.0. The van der Waals surface area contributed by atoms with Gasteiger partial charge in [0.25, 0.3) is 10.0 Å². The number of hydrogen-bond acceptors (Lipinski definition) is 3. The zero-order chi connectivity index (χ0) is 12.2. The van der Waals surface area contributed by atoms with Gasteiger partial charge in [-0.25, -0.2) is 8.42 Å². The Morgan fingerprint density at radius 1 is 1.38 bits per heavy atom. The summed E-state index contributed by atoms with van der Waals surface area (Å²) < 4.78 is 24.3. The molecule has 0 aromatic carbocycles. The van der Waals surface area contributed by atoms with E-state index in [1.807, 2.05) is 0 Å². The smallest absolute Gasteiger partial charge is 0.253 e. The van der Waals surface area contributed by atoms with Crippen LogP contribution < -0.4 is 0 Å². The highest BCUT2D eigenvalue weighted by Crippen LogP contribution is 2.23. The summed E-state index contributed by atoms with van der Waals surface area (Å²) in [5.74, 6) is 0. The van der Waals surface area contributed by atoms with Crippen molar-refractivity contribution in [3.05, 3.63) is 10.4 Å². The lowest BCUT2D eigenvalue weighted by atomic mass is 10.2. The molecule has 16 heavy (non-hydrogen) atoms. The van der Waals surface area contributed by atoms with Gasteiger partial charge >= 0.3 is 0 Å². The van der Waals surface area contributed by atoms with Gasteiger partial charge in [-0.15, -0.1) is 0 Å². The Kier molecular flexibility index (Phi) is 5.24. The van der Waals surface area contributed by atoms with Crippen LogP contribution in [0, 0.1) is 0 Å². The van der Waals surface area contributed by atoms with Crippen molar-refractivity contribution in [2.45, 2.75) is 25.7 Å². The summed E-state index contributed by atoms with van der Waals surface area (Å²) in [6.45, 7) is 0.779. The molecule has 0 bridgehead atoms. The second kappa shape index (κ2) is 6.00. The van der Waals surface area contributed by atoms with Crippen molar-refractivity contribution in [2.24, 2.45) is 0 Å². The number of nitrogens with zero attached hydrogens (tertiary/aromatic N) is 1. The minimum atomic E-state index is -3.40. The number of carbonyl (C=O) groups is 1. The Hall–Kier alpha value is -0.100. The van der Waals surface area contributed by atoms with Crippen molar-refractivity contribution in [3.63, 3.8) is 0 Å². The first-order valence-electron chi connectivity index (χ1n) is 4.99. The molecule has 1 heterocycles. The Labute approximate surface area is 105 Å². The fourth-order valence-corrected chi connectivity index (χ4v) is 3.11. The molecule has 7 heteroatoms. The van der Waals surface area contributed by atoms with Gasteiger partial charge in [0.05, 0.1) is 0 Å². The molecule has 0 spiro atoms. The summed E-state index contributed by atoms with van der Waals surface area (Å²) in [4.78, 5) is 10.4. The molecule has 0 saturated carbocycles. The molecular weight excluding hydrogens is 273 g/mol. The molecule has 4 nitrogen and oxygen atoms in total. The molecule has 1 aliphatic heterocycles. The third kappa shape index (κ3) is 3.73. The van der Waals surface area contributed by atoms with Crippen molar-refractivity contribution < 1.29 is 13.2 Å². The van der Waals surface area contributed by atoms with Gasteiger partial charge in [0.15, 0.2) is 0 Å². The Balaban J connectivity index is 2.23. The van der Waals surface area contributed by atoms with Crippen molar-refractivity contribution in [1.29, 1.82) is 0 Å². The van der Waals surface area contributed by atoms with E-state index in [4.69, 9.17) is 23.2 Å². The van der Waals surface area contributed by atoms with Gasteiger partial charge < -0.3 is 0 Å². The molecule has 0 amide bonds. The summed E-state index contributed by atoms with van der Waals surface area (Å²) >= 11 is 10.7. The second-order valence-electron chi connectivity index (χ2n) is 3.54. The van der Waals surface area contributed by atoms with E-state index < -0.39 is 10.0 Å². The summed E-state index contributed by atoms with van der Waals surface area (Å²) in [5.41, 5.74) is 0. The van der Waals surface area contributed by atoms with Crippen LogP contribution in [0.1, 0.15) is 25.7 Å². The van der Waals surface area contributed by atoms with E-state index in [0.717, 1.165) is 6.42 Å². The average molecular weight is 286 g/mol. The van der Waals surface area contributed by atoms with E-state index in [1.165, 1.54) is 10.4 Å². The molecule has 0 atom stereocenters. The first-order valence-corrected chi connectivity index (χ1v) is 7.18. The molecule has 0 aromatic heterocycles. The molecule has 1 rings (SSSR count). The molecule has 0 saturated heterocycles. The Morgan fingerprint density at radius 3 is 2.56 bits per heavy atom. The normalized spacial score (nSPS) is 19.8. The molecule has 92 valence electrons. The van der Waals surface area contributed by atoms with Crippen molar-refractivity contribution in [2.75, 3.05) is 13.1 Å². The van der Waals surface area contributed by atoms with Crippen LogP contribution >= 0.6 is 23.2 Å². The molecule has 0 N–H and O–H groups in total. The van der Waals surface area contributed by atoms with E-state index in [9.17, 15) is 13.2 Å². The SMILES string of the molecule is O=C(Cl)CCCCCN1CC=C(Cl)S1(=O)=O. The topological polar surface area (TPSA) is 54.5 Å². The zero-order valence-corrected chi connectivity index (χ0v) is 11.0. The van der Waals surface area contributed by atoms with Crippen molar-refractivity contribution in [1.82, 2.24) is 4.31 Å². The number of carbonyl (C=O) groups excluding carboxylic acids is 1. The van der Waals surface area contributed by atoms with Crippen LogP contribution in [0.3, 0.4) is 0 Å². The lowest BCUT2D eigenvalue weighted by molar-refractivity contribution is -0.111. The maximum absolute atomic E-state index is 11.5. The Morgan fingerprint density at radius 2 is 2.06 bits per heavy atom. The van der Waals surface area contributed by atoms with Crippen LogP contribution in [0.15, 0.2) is 10.4 Å². The predicted octanol–water partition coefficient (Wildman–Crippen LogP) is 2.04. The van der Waals surface area contributed by atoms with E-state index in [1.54, 1.807) is 0 Å². The van der Waals surface area contributed by atoms with Gasteiger partial charge in [0.1, 0.15) is 4.36 Å². The predicted molar refractivity (Wildman–Crippen MR) is 63.8 cm³/mol. The van der Waals surface area contributed by atoms with E-state index in [0.29, 0.717) is 32.4 Å². The van der Waals surface area contributed by atoms with Gasteiger partial charge in [-0.3, -0.25) is 4.79 Å². The number of rotatable bonds is 6. The summed E-state index contributed by atoms with van der Waals surface area (Å²) in [6.07, 6.45) is 4.01. The van der Waals surface area contributed by atoms with Gasteiger partial charge in [-0.05, 0) is 30.5 Å². The fraction of sp³-hybridized carbons (Fsp3) is 0.667. The minimum Gasteiger partial charge on any atom is -0.281 e. The van der Waals surface area contributed by atoms with E-state index >= 15 is 0 Å². The van der Waals surface area contributed by atoms with Gasteiger partial charge in [-0.2, -0.15) is 4.31 Å². The summed E-state index contributed by atoms with van der Waals surface area (Å²) in [5, 5.41) is -0.349. The van der Waals surface area contributed by atoms with Crippen LogP contribution in [-0.4, -0.2) is 31.1 Å². The standard InChI is InChI=1S/C9H13Cl2NO3S/c10-8(13)4-2-1-3-6-12-7-5-9(11)16(12,14)15/h5H,1-4,6-7H2. The molecule has 0 fully saturated rings. The van der Waals surface area contributed by atoms with Crippen LogP contribution in [0.4, 0.5) is 0 Å². The third-order valence-electron chi connectivity index (χ3n) is 2.32. The number of sulfonamides is 1. The van der Waals surface area contributed by atoms with Gasteiger partial charge in [0, 0.05) is 19.5 Å². The lowest BCUT2D eigenvalue weighted by Crippen LogP contribution is -2.27. The largest absolute Gasteiger partial charge is 0.281 e. The minimum absolute atomic E-state index is 0.0940. The van der Waals surface area contributed by atoms with E-state index in [-0.39, 0.29) is 9.61 Å². The first-order chi connectivity index (χ1) is 7.44. The van der Waals surface area contributed by atoms with Gasteiger partial charge in [0.2, 0.25) is 5.24 Å². The quantitative estimate of drug-likeness (QED) is 0.554. The van der Waals surface area contributed by atoms with Crippen LogP contribution in [0.5, 0.6) is 0 Å². The molecule has 0 aliphatic carbocycles. The second-order valence-corrected chi connectivity index (χ2v) is 6.50. The fourth-order valence-electron chi connectivity index (χ4n) is 1.44.